The summed E-state index contributed by atoms with van der Waals surface area (Å²) in [7, 11) is 1.31. The molecule has 0 atom stereocenters. The molecule has 0 heterocycles. The van der Waals surface area contributed by atoms with Crippen molar-refractivity contribution in [3.63, 3.8) is 0 Å². The van der Waals surface area contributed by atoms with Crippen LogP contribution in [0.2, 0.25) is 0 Å². The number of benzene rings is 2. The first-order valence-corrected chi connectivity index (χ1v) is 7.59. The van der Waals surface area contributed by atoms with E-state index in [0.717, 1.165) is 12.1 Å². The minimum atomic E-state index is -0.726. The van der Waals surface area contributed by atoms with Crippen molar-refractivity contribution in [1.29, 1.82) is 0 Å². The maximum atomic E-state index is 13.6. The summed E-state index contributed by atoms with van der Waals surface area (Å²) in [6, 6.07) is 9.79. The molecule has 0 aromatic heterocycles. The normalized spacial score (nSPS) is 11.6. The Morgan fingerprint density at radius 3 is 2.40 bits per heavy atom. The number of hydrogen-bond acceptors (Lipinski definition) is 4. The monoisotopic (exact) mass is 345 g/mol. The van der Waals surface area contributed by atoms with Gasteiger partial charge in [0, 0.05) is 17.2 Å². The molecule has 0 aliphatic heterocycles. The number of carbonyl (C=O) groups excluding carboxylic acids is 1. The van der Waals surface area contributed by atoms with Gasteiger partial charge in [-0.1, -0.05) is 24.2 Å². The third-order valence-corrected chi connectivity index (χ3v) is 3.29. The molecule has 2 aromatic carbocycles. The van der Waals surface area contributed by atoms with E-state index >= 15 is 0 Å². The molecular formula is C19H17F2NO3. The summed E-state index contributed by atoms with van der Waals surface area (Å²) >= 11 is 0. The molecule has 0 aliphatic carbocycles. The second kappa shape index (κ2) is 8.73. The molecule has 0 aliphatic rings. The fourth-order valence-electron chi connectivity index (χ4n) is 2.03. The van der Waals surface area contributed by atoms with Gasteiger partial charge in [-0.15, -0.1) is 0 Å². The molecule has 0 saturated carbocycles. The quantitative estimate of drug-likeness (QED) is 0.334. The van der Waals surface area contributed by atoms with Crippen molar-refractivity contribution in [1.82, 2.24) is 0 Å². The highest BCUT2D eigenvalue weighted by Gasteiger charge is 2.08. The third kappa shape index (κ3) is 4.97. The predicted octanol–water partition coefficient (Wildman–Crippen LogP) is 4.55. The van der Waals surface area contributed by atoms with Gasteiger partial charge in [0.25, 0.3) is 0 Å². The minimum absolute atomic E-state index is 0.110. The summed E-state index contributed by atoms with van der Waals surface area (Å²) in [5.74, 6) is -1.36. The number of esters is 1. The molecule has 0 N–H and O–H groups in total. The number of carbonyl (C=O) groups is 1. The van der Waals surface area contributed by atoms with E-state index in [9.17, 15) is 13.6 Å². The van der Waals surface area contributed by atoms with Crippen LogP contribution in [0.25, 0.3) is 5.76 Å². The van der Waals surface area contributed by atoms with E-state index < -0.39 is 17.6 Å². The second-order valence-corrected chi connectivity index (χ2v) is 5.04. The Hall–Kier alpha value is -3.02. The first-order valence-electron chi connectivity index (χ1n) is 7.59. The van der Waals surface area contributed by atoms with Crippen molar-refractivity contribution < 1.29 is 23.1 Å². The van der Waals surface area contributed by atoms with Crippen LogP contribution in [-0.2, 0) is 9.57 Å². The van der Waals surface area contributed by atoms with Gasteiger partial charge in [-0.05, 0) is 36.8 Å². The van der Waals surface area contributed by atoms with E-state index in [1.54, 1.807) is 30.3 Å². The molecule has 0 unspecified atom stereocenters. The third-order valence-electron chi connectivity index (χ3n) is 3.29. The molecule has 0 spiro atoms. The summed E-state index contributed by atoms with van der Waals surface area (Å²) in [6.45, 7) is 1.93. The van der Waals surface area contributed by atoms with Crippen LogP contribution in [0.15, 0.2) is 53.7 Å². The maximum Gasteiger partial charge on any atom is 0.337 e. The van der Waals surface area contributed by atoms with Gasteiger partial charge < -0.3 is 9.57 Å². The van der Waals surface area contributed by atoms with Gasteiger partial charge in [0.2, 0.25) is 0 Å². The highest BCUT2D eigenvalue weighted by Crippen LogP contribution is 2.18. The average molecular weight is 345 g/mol. The number of rotatable bonds is 6. The Bertz CT molecular complexity index is 799. The van der Waals surface area contributed by atoms with E-state index in [-0.39, 0.29) is 5.56 Å². The zero-order chi connectivity index (χ0) is 18.2. The zero-order valence-corrected chi connectivity index (χ0v) is 13.8. The first kappa shape index (κ1) is 18.3. The van der Waals surface area contributed by atoms with Crippen LogP contribution in [0.4, 0.5) is 8.78 Å². The molecule has 4 nitrogen and oxygen atoms in total. The summed E-state index contributed by atoms with van der Waals surface area (Å²) in [6.07, 6.45) is 3.65. The summed E-state index contributed by atoms with van der Waals surface area (Å²) in [5.41, 5.74) is 1.23. The molecular weight excluding hydrogens is 328 g/mol. The number of allylic oxidation sites excluding steroid dienone is 1. The summed E-state index contributed by atoms with van der Waals surface area (Å²) < 4.78 is 31.1. The molecule has 2 aromatic rings. The van der Waals surface area contributed by atoms with Crippen LogP contribution in [0.1, 0.15) is 34.8 Å². The molecule has 0 saturated heterocycles. The number of ether oxygens (including phenoxy) is 1. The molecule has 2 rings (SSSR count). The van der Waals surface area contributed by atoms with Gasteiger partial charge in [-0.2, -0.15) is 0 Å². The van der Waals surface area contributed by atoms with Crippen molar-refractivity contribution in [3.05, 3.63) is 76.9 Å². The first-order chi connectivity index (χ1) is 12.0. The zero-order valence-electron chi connectivity index (χ0n) is 13.8. The van der Waals surface area contributed by atoms with E-state index in [4.69, 9.17) is 4.84 Å². The van der Waals surface area contributed by atoms with Crippen molar-refractivity contribution in [3.8, 4) is 0 Å². The molecule has 0 bridgehead atoms. The van der Waals surface area contributed by atoms with Crippen molar-refractivity contribution in [2.45, 2.75) is 13.3 Å². The fourth-order valence-corrected chi connectivity index (χ4v) is 2.03. The lowest BCUT2D eigenvalue weighted by Crippen LogP contribution is -2.01. The topological polar surface area (TPSA) is 47.9 Å². The lowest BCUT2D eigenvalue weighted by Gasteiger charge is -2.06. The minimum Gasteiger partial charge on any atom is -0.465 e. The molecule has 130 valence electrons. The van der Waals surface area contributed by atoms with Gasteiger partial charge in [-0.25, -0.2) is 13.6 Å². The van der Waals surface area contributed by atoms with Crippen LogP contribution in [-0.4, -0.2) is 19.3 Å². The van der Waals surface area contributed by atoms with E-state index in [1.165, 1.54) is 19.4 Å². The average Bonchev–Trinajstić information content (AvgIpc) is 2.62. The Morgan fingerprint density at radius 1 is 1.12 bits per heavy atom. The highest BCUT2D eigenvalue weighted by molar-refractivity contribution is 5.89. The standard InChI is InChI=1S/C19H17F2NO3/c1-3-4-18(13-5-7-14(8-6-13)19(23)24-2)25-22-12-15-9-10-16(20)11-17(15)21/h4-12H,3H2,1-2H3/b18-4-,22-12+. The van der Waals surface area contributed by atoms with E-state index in [0.29, 0.717) is 23.3 Å². The molecule has 6 heteroatoms. The van der Waals surface area contributed by atoms with Crippen LogP contribution >= 0.6 is 0 Å². The van der Waals surface area contributed by atoms with Crippen molar-refractivity contribution in [2.75, 3.05) is 7.11 Å². The number of nitrogens with zero attached hydrogens (tertiary/aromatic N) is 1. The van der Waals surface area contributed by atoms with Gasteiger partial charge in [0.05, 0.1) is 18.9 Å². The van der Waals surface area contributed by atoms with Crippen LogP contribution in [0.5, 0.6) is 0 Å². The molecule has 0 amide bonds. The van der Waals surface area contributed by atoms with Crippen molar-refractivity contribution >= 4 is 17.9 Å². The smallest absolute Gasteiger partial charge is 0.337 e. The SMILES string of the molecule is CC/C=C(\O/N=C/c1ccc(F)cc1F)c1ccc(C(=O)OC)cc1. The van der Waals surface area contributed by atoms with Gasteiger partial charge >= 0.3 is 5.97 Å². The Labute approximate surface area is 144 Å². The number of methoxy groups -OCH3 is 1. The fraction of sp³-hybridized carbons (Fsp3) is 0.158. The molecule has 0 radical (unpaired) electrons. The lowest BCUT2D eigenvalue weighted by molar-refractivity contribution is 0.0600. The number of oxime groups is 1. The second-order valence-electron chi connectivity index (χ2n) is 5.04. The highest BCUT2D eigenvalue weighted by atomic mass is 19.1. The van der Waals surface area contributed by atoms with Gasteiger partial charge in [0.1, 0.15) is 11.6 Å². The summed E-state index contributed by atoms with van der Waals surface area (Å²) in [4.78, 5) is 16.8. The van der Waals surface area contributed by atoms with E-state index in [1.807, 2.05) is 6.92 Å². The van der Waals surface area contributed by atoms with Crippen molar-refractivity contribution in [2.24, 2.45) is 5.16 Å². The number of halogens is 2. The predicted molar refractivity (Wildman–Crippen MR) is 91.1 cm³/mol. The Kier molecular flexibility index (Phi) is 6.39. The lowest BCUT2D eigenvalue weighted by atomic mass is 10.1. The van der Waals surface area contributed by atoms with Crippen LogP contribution in [0, 0.1) is 11.6 Å². The Morgan fingerprint density at radius 2 is 1.80 bits per heavy atom. The number of hydrogen-bond donors (Lipinski definition) is 0. The van der Waals surface area contributed by atoms with E-state index in [2.05, 4.69) is 9.89 Å². The molecule has 25 heavy (non-hydrogen) atoms. The summed E-state index contributed by atoms with van der Waals surface area (Å²) in [5, 5.41) is 3.75. The maximum absolute atomic E-state index is 13.6. The van der Waals surface area contributed by atoms with Crippen LogP contribution < -0.4 is 0 Å². The van der Waals surface area contributed by atoms with Gasteiger partial charge in [0.15, 0.2) is 5.76 Å². The largest absolute Gasteiger partial charge is 0.465 e. The molecule has 0 fully saturated rings. The Balaban J connectivity index is 2.14. The van der Waals surface area contributed by atoms with Gasteiger partial charge in [-0.3, -0.25) is 0 Å². The van der Waals surface area contributed by atoms with Crippen LogP contribution in [0.3, 0.4) is 0 Å².